The molecular formula is C12H13NO3. The van der Waals surface area contributed by atoms with Gasteiger partial charge in [0.2, 0.25) is 0 Å². The van der Waals surface area contributed by atoms with Gasteiger partial charge in [0.1, 0.15) is 17.4 Å². The van der Waals surface area contributed by atoms with E-state index in [4.69, 9.17) is 9.94 Å². The summed E-state index contributed by atoms with van der Waals surface area (Å²) >= 11 is 0. The Morgan fingerprint density at radius 2 is 2.00 bits per heavy atom. The number of hydroxylamine groups is 2. The zero-order valence-corrected chi connectivity index (χ0v) is 9.18. The van der Waals surface area contributed by atoms with Crippen LogP contribution >= 0.6 is 0 Å². The average Bonchev–Trinajstić information content (AvgIpc) is 2.55. The van der Waals surface area contributed by atoms with Crippen LogP contribution in [-0.4, -0.2) is 23.2 Å². The van der Waals surface area contributed by atoms with Crippen molar-refractivity contribution in [2.45, 2.75) is 13.0 Å². The van der Waals surface area contributed by atoms with Gasteiger partial charge in [-0.05, 0) is 12.5 Å². The van der Waals surface area contributed by atoms with Crippen LogP contribution in [0.15, 0.2) is 41.7 Å². The Balaban J connectivity index is 2.44. The van der Waals surface area contributed by atoms with E-state index in [1.165, 1.54) is 0 Å². The number of hydrogen-bond donors (Lipinski definition) is 1. The lowest BCUT2D eigenvalue weighted by molar-refractivity contribution is -0.134. The number of hydrogen-bond acceptors (Lipinski definition) is 3. The Morgan fingerprint density at radius 3 is 2.56 bits per heavy atom. The minimum absolute atomic E-state index is 0.300. The first-order valence-electron chi connectivity index (χ1n) is 5.01. The third-order valence-electron chi connectivity index (χ3n) is 2.64. The molecule has 0 spiro atoms. The van der Waals surface area contributed by atoms with Crippen molar-refractivity contribution in [1.29, 1.82) is 0 Å². The summed E-state index contributed by atoms with van der Waals surface area (Å²) in [5.74, 6) is -0.487. The standard InChI is InChI=1S/C12H13NO3/c1-8-10(12(14)15)11(13(2)16-8)9-6-4-3-5-7-9/h3-7,11H,1-2H3,(H,14,15). The molecule has 1 atom stereocenters. The SMILES string of the molecule is CC1=C(C(=O)O)C(c2ccccc2)N(C)O1. The number of aliphatic carboxylic acids is 1. The summed E-state index contributed by atoms with van der Waals surface area (Å²) in [6.45, 7) is 1.67. The van der Waals surface area contributed by atoms with Gasteiger partial charge in [0, 0.05) is 7.05 Å². The van der Waals surface area contributed by atoms with Crippen molar-refractivity contribution in [3.05, 3.63) is 47.2 Å². The van der Waals surface area contributed by atoms with E-state index in [0.717, 1.165) is 5.56 Å². The van der Waals surface area contributed by atoms with Crippen LogP contribution in [0.2, 0.25) is 0 Å². The van der Waals surface area contributed by atoms with Crippen LogP contribution in [0.4, 0.5) is 0 Å². The fourth-order valence-corrected chi connectivity index (χ4v) is 1.97. The molecule has 0 bridgehead atoms. The molecule has 0 aliphatic carbocycles. The number of carboxylic acid groups (broad SMARTS) is 1. The number of nitrogens with zero attached hydrogens (tertiary/aromatic N) is 1. The van der Waals surface area contributed by atoms with Gasteiger partial charge in [-0.2, -0.15) is 0 Å². The van der Waals surface area contributed by atoms with Crippen LogP contribution in [0.3, 0.4) is 0 Å². The maximum Gasteiger partial charge on any atom is 0.337 e. The van der Waals surface area contributed by atoms with Crippen LogP contribution in [0.5, 0.6) is 0 Å². The van der Waals surface area contributed by atoms with E-state index >= 15 is 0 Å². The number of allylic oxidation sites excluding steroid dienone is 1. The lowest BCUT2D eigenvalue weighted by Crippen LogP contribution is -2.21. The van der Waals surface area contributed by atoms with E-state index in [1.807, 2.05) is 30.3 Å². The zero-order valence-electron chi connectivity index (χ0n) is 9.18. The molecule has 1 N–H and O–H groups in total. The Hall–Kier alpha value is -1.81. The van der Waals surface area contributed by atoms with Gasteiger partial charge in [0.05, 0.1) is 0 Å². The predicted molar refractivity (Wildman–Crippen MR) is 58.4 cm³/mol. The largest absolute Gasteiger partial charge is 0.478 e. The van der Waals surface area contributed by atoms with Crippen molar-refractivity contribution in [2.24, 2.45) is 0 Å². The third-order valence-corrected chi connectivity index (χ3v) is 2.64. The van der Waals surface area contributed by atoms with Gasteiger partial charge >= 0.3 is 5.97 Å². The second kappa shape index (κ2) is 3.98. The number of rotatable bonds is 2. The monoisotopic (exact) mass is 219 g/mol. The maximum absolute atomic E-state index is 11.2. The molecule has 0 fully saturated rings. The third kappa shape index (κ3) is 1.67. The average molecular weight is 219 g/mol. The first kappa shape index (κ1) is 10.7. The highest BCUT2D eigenvalue weighted by Crippen LogP contribution is 2.36. The van der Waals surface area contributed by atoms with E-state index in [9.17, 15) is 4.79 Å². The minimum atomic E-state index is -0.935. The Morgan fingerprint density at radius 1 is 1.38 bits per heavy atom. The van der Waals surface area contributed by atoms with Crippen molar-refractivity contribution in [3.63, 3.8) is 0 Å². The number of carbonyl (C=O) groups is 1. The molecule has 0 amide bonds. The lowest BCUT2D eigenvalue weighted by atomic mass is 9.99. The van der Waals surface area contributed by atoms with E-state index in [1.54, 1.807) is 19.0 Å². The number of likely N-dealkylation sites (N-methyl/N-ethyl adjacent to an activating group) is 1. The molecule has 0 radical (unpaired) electrons. The summed E-state index contributed by atoms with van der Waals surface area (Å²) in [6, 6.07) is 9.12. The lowest BCUT2D eigenvalue weighted by Gasteiger charge is -2.19. The number of benzene rings is 1. The summed E-state index contributed by atoms with van der Waals surface area (Å²) in [6.07, 6.45) is 0. The molecule has 84 valence electrons. The Labute approximate surface area is 93.7 Å². The summed E-state index contributed by atoms with van der Waals surface area (Å²) in [5.41, 5.74) is 1.22. The van der Waals surface area contributed by atoms with Gasteiger partial charge in [0.15, 0.2) is 0 Å². The molecule has 1 aromatic carbocycles. The second-order valence-electron chi connectivity index (χ2n) is 3.73. The topological polar surface area (TPSA) is 49.8 Å². The van der Waals surface area contributed by atoms with Gasteiger partial charge in [0.25, 0.3) is 0 Å². The summed E-state index contributed by atoms with van der Waals surface area (Å²) in [5, 5.41) is 10.7. The van der Waals surface area contributed by atoms with Crippen LogP contribution in [0.25, 0.3) is 0 Å². The summed E-state index contributed by atoms with van der Waals surface area (Å²) < 4.78 is 0. The molecule has 1 aliphatic heterocycles. The van der Waals surface area contributed by atoms with Crippen molar-refractivity contribution >= 4 is 5.97 Å². The molecule has 1 unspecified atom stereocenters. The molecule has 1 aliphatic rings. The van der Waals surface area contributed by atoms with Gasteiger partial charge in [-0.15, -0.1) is 5.06 Å². The second-order valence-corrected chi connectivity index (χ2v) is 3.73. The molecule has 0 saturated carbocycles. The minimum Gasteiger partial charge on any atom is -0.478 e. The maximum atomic E-state index is 11.2. The van der Waals surface area contributed by atoms with E-state index in [2.05, 4.69) is 0 Å². The van der Waals surface area contributed by atoms with Crippen molar-refractivity contribution < 1.29 is 14.7 Å². The van der Waals surface area contributed by atoms with Crippen molar-refractivity contribution in [2.75, 3.05) is 7.05 Å². The molecule has 1 heterocycles. The van der Waals surface area contributed by atoms with Gasteiger partial charge in [-0.3, -0.25) is 0 Å². The highest BCUT2D eigenvalue weighted by Gasteiger charge is 2.36. The molecular weight excluding hydrogens is 206 g/mol. The van der Waals surface area contributed by atoms with Gasteiger partial charge < -0.3 is 9.94 Å². The smallest absolute Gasteiger partial charge is 0.337 e. The molecule has 4 nitrogen and oxygen atoms in total. The van der Waals surface area contributed by atoms with E-state index < -0.39 is 5.97 Å². The Kier molecular flexibility index (Phi) is 2.66. The normalized spacial score (nSPS) is 21.0. The fourth-order valence-electron chi connectivity index (χ4n) is 1.97. The zero-order chi connectivity index (χ0) is 11.7. The van der Waals surface area contributed by atoms with Crippen LogP contribution in [0, 0.1) is 0 Å². The first-order chi connectivity index (χ1) is 7.61. The molecule has 4 heteroatoms. The Bertz CT molecular complexity index is 439. The molecule has 2 rings (SSSR count). The quantitative estimate of drug-likeness (QED) is 0.826. The molecule has 16 heavy (non-hydrogen) atoms. The summed E-state index contributed by atoms with van der Waals surface area (Å²) in [4.78, 5) is 16.5. The van der Waals surface area contributed by atoms with Crippen LogP contribution in [0.1, 0.15) is 18.5 Å². The number of carboxylic acids is 1. The van der Waals surface area contributed by atoms with Crippen molar-refractivity contribution in [3.8, 4) is 0 Å². The highest BCUT2D eigenvalue weighted by molar-refractivity contribution is 5.89. The molecule has 0 saturated heterocycles. The van der Waals surface area contributed by atoms with Crippen LogP contribution < -0.4 is 0 Å². The van der Waals surface area contributed by atoms with Crippen LogP contribution in [-0.2, 0) is 9.63 Å². The fraction of sp³-hybridized carbons (Fsp3) is 0.250. The first-order valence-corrected chi connectivity index (χ1v) is 5.01. The molecule has 1 aromatic rings. The van der Waals surface area contributed by atoms with E-state index in [0.29, 0.717) is 11.3 Å². The van der Waals surface area contributed by atoms with E-state index in [-0.39, 0.29) is 6.04 Å². The summed E-state index contributed by atoms with van der Waals surface area (Å²) in [7, 11) is 1.73. The molecule has 0 aromatic heterocycles. The van der Waals surface area contributed by atoms with Gasteiger partial charge in [-0.1, -0.05) is 30.3 Å². The predicted octanol–water partition coefficient (Wildman–Crippen LogP) is 1.96. The van der Waals surface area contributed by atoms with Gasteiger partial charge in [-0.25, -0.2) is 4.79 Å². The van der Waals surface area contributed by atoms with Crippen molar-refractivity contribution in [1.82, 2.24) is 5.06 Å². The highest BCUT2D eigenvalue weighted by atomic mass is 16.7.